The summed E-state index contributed by atoms with van der Waals surface area (Å²) in [5.41, 5.74) is 1.87. The molecule has 0 unspecified atom stereocenters. The predicted molar refractivity (Wildman–Crippen MR) is 135 cm³/mol. The predicted octanol–water partition coefficient (Wildman–Crippen LogP) is 4.63. The van der Waals surface area contributed by atoms with Gasteiger partial charge in [-0.1, -0.05) is 0 Å². The maximum absolute atomic E-state index is 13.8. The Hall–Kier alpha value is -3.27. The molecule has 2 N–H and O–H groups in total. The molecule has 0 bridgehead atoms. The number of rotatable bonds is 6. The molecule has 1 aliphatic rings. The number of thiol groups is 1. The van der Waals surface area contributed by atoms with Crippen molar-refractivity contribution in [3.63, 3.8) is 0 Å². The number of benzene rings is 1. The highest BCUT2D eigenvalue weighted by atomic mass is 32.1. The largest absolute Gasteiger partial charge is 0.362 e. The number of anilines is 2. The molecule has 2 heterocycles. The lowest BCUT2D eigenvalue weighted by atomic mass is 9.91. The molecule has 10 heteroatoms. The van der Waals surface area contributed by atoms with E-state index < -0.39 is 11.6 Å². The summed E-state index contributed by atoms with van der Waals surface area (Å²) in [5.74, 6) is -0.788. The molecule has 0 radical (unpaired) electrons. The molecular formula is C25H28F2N6OS. The molecular weight excluding hydrogens is 470 g/mol. The second-order valence-electron chi connectivity index (χ2n) is 8.96. The topological polar surface area (TPSA) is 83.0 Å². The number of hydrogen-bond donors (Lipinski definition) is 3. The minimum absolute atomic E-state index is 0.00898. The van der Waals surface area contributed by atoms with Crippen LogP contribution < -0.4 is 15.5 Å². The Morgan fingerprint density at radius 3 is 2.43 bits per heavy atom. The number of amides is 1. The third-order valence-corrected chi connectivity index (χ3v) is 6.33. The van der Waals surface area contributed by atoms with Crippen molar-refractivity contribution in [1.29, 1.82) is 0 Å². The number of pyridine rings is 1. The van der Waals surface area contributed by atoms with Crippen molar-refractivity contribution in [3.05, 3.63) is 59.3 Å². The number of halogens is 2. The van der Waals surface area contributed by atoms with E-state index in [4.69, 9.17) is 0 Å². The molecule has 0 spiro atoms. The first kappa shape index (κ1) is 24.8. The third-order valence-electron chi connectivity index (χ3n) is 6.08. The van der Waals surface area contributed by atoms with Gasteiger partial charge in [0.2, 0.25) is 5.95 Å². The van der Waals surface area contributed by atoms with E-state index in [-0.39, 0.29) is 23.7 Å². The SMILES string of the molecule is Cc1cnc(NC2CCC(NC(=O)c3ccc(S)nc3-c3ccc(F)c(F)c3)CC2)nc1N(C)C. The van der Waals surface area contributed by atoms with Crippen molar-refractivity contribution >= 4 is 30.3 Å². The minimum atomic E-state index is -0.999. The van der Waals surface area contributed by atoms with Crippen LogP contribution in [0.15, 0.2) is 41.6 Å². The van der Waals surface area contributed by atoms with Gasteiger partial charge >= 0.3 is 0 Å². The molecule has 1 aromatic carbocycles. The van der Waals surface area contributed by atoms with E-state index in [1.807, 2.05) is 32.1 Å². The quantitative estimate of drug-likeness (QED) is 0.430. The fourth-order valence-corrected chi connectivity index (χ4v) is 4.45. The van der Waals surface area contributed by atoms with Crippen LogP contribution in [0.5, 0.6) is 0 Å². The van der Waals surface area contributed by atoms with Crippen LogP contribution in [0.4, 0.5) is 20.5 Å². The van der Waals surface area contributed by atoms with E-state index in [2.05, 4.69) is 38.2 Å². The van der Waals surface area contributed by atoms with Crippen molar-refractivity contribution in [2.24, 2.45) is 0 Å². The highest BCUT2D eigenvalue weighted by Crippen LogP contribution is 2.27. The molecule has 2 aromatic heterocycles. The Morgan fingerprint density at radius 1 is 1.03 bits per heavy atom. The van der Waals surface area contributed by atoms with Gasteiger partial charge in [-0.05, 0) is 62.9 Å². The number of aromatic nitrogens is 3. The van der Waals surface area contributed by atoms with Crippen LogP contribution in [-0.4, -0.2) is 47.0 Å². The lowest BCUT2D eigenvalue weighted by Crippen LogP contribution is -2.40. The molecule has 0 aliphatic heterocycles. The van der Waals surface area contributed by atoms with Gasteiger partial charge in [-0.15, -0.1) is 12.6 Å². The van der Waals surface area contributed by atoms with Gasteiger partial charge in [-0.25, -0.2) is 18.7 Å². The summed E-state index contributed by atoms with van der Waals surface area (Å²) in [6.07, 6.45) is 5.08. The molecule has 3 aromatic rings. The minimum Gasteiger partial charge on any atom is -0.362 e. The molecule has 4 rings (SSSR count). The number of aryl methyl sites for hydroxylation is 1. The first-order valence-corrected chi connectivity index (χ1v) is 11.9. The fraction of sp³-hybridized carbons (Fsp3) is 0.360. The second-order valence-corrected chi connectivity index (χ2v) is 9.41. The third kappa shape index (κ3) is 5.87. The van der Waals surface area contributed by atoms with Crippen molar-refractivity contribution in [1.82, 2.24) is 20.3 Å². The van der Waals surface area contributed by atoms with E-state index in [1.165, 1.54) is 6.07 Å². The van der Waals surface area contributed by atoms with Crippen LogP contribution >= 0.6 is 12.6 Å². The molecule has 35 heavy (non-hydrogen) atoms. The summed E-state index contributed by atoms with van der Waals surface area (Å²) >= 11 is 4.24. The van der Waals surface area contributed by atoms with Crippen LogP contribution in [0.2, 0.25) is 0 Å². The van der Waals surface area contributed by atoms with E-state index >= 15 is 0 Å². The lowest BCUT2D eigenvalue weighted by Gasteiger charge is -2.30. The molecule has 1 fully saturated rings. The Labute approximate surface area is 208 Å². The summed E-state index contributed by atoms with van der Waals surface area (Å²) in [5, 5.41) is 6.86. The molecule has 0 saturated heterocycles. The maximum Gasteiger partial charge on any atom is 0.253 e. The Balaban J connectivity index is 1.40. The van der Waals surface area contributed by atoms with Crippen LogP contribution in [0.25, 0.3) is 11.3 Å². The van der Waals surface area contributed by atoms with Crippen LogP contribution in [0.3, 0.4) is 0 Å². The first-order chi connectivity index (χ1) is 16.7. The number of nitrogens with one attached hydrogen (secondary N) is 2. The van der Waals surface area contributed by atoms with Gasteiger partial charge in [0, 0.05) is 43.5 Å². The zero-order valence-corrected chi connectivity index (χ0v) is 20.7. The fourth-order valence-electron chi connectivity index (χ4n) is 4.28. The molecule has 7 nitrogen and oxygen atoms in total. The van der Waals surface area contributed by atoms with Gasteiger partial charge in [0.25, 0.3) is 5.91 Å². The smallest absolute Gasteiger partial charge is 0.253 e. The van der Waals surface area contributed by atoms with E-state index in [9.17, 15) is 13.6 Å². The Bertz CT molecular complexity index is 1230. The zero-order valence-electron chi connectivity index (χ0n) is 19.8. The van der Waals surface area contributed by atoms with E-state index in [0.29, 0.717) is 22.1 Å². The zero-order chi connectivity index (χ0) is 25.1. The van der Waals surface area contributed by atoms with Crippen molar-refractivity contribution in [2.45, 2.75) is 49.7 Å². The normalized spacial score (nSPS) is 17.7. The monoisotopic (exact) mass is 498 g/mol. The van der Waals surface area contributed by atoms with Crippen molar-refractivity contribution in [2.75, 3.05) is 24.3 Å². The molecule has 0 atom stereocenters. The second kappa shape index (κ2) is 10.6. The summed E-state index contributed by atoms with van der Waals surface area (Å²) in [6, 6.07) is 6.86. The maximum atomic E-state index is 13.8. The number of carbonyl (C=O) groups excluding carboxylic acids is 1. The Morgan fingerprint density at radius 2 is 1.74 bits per heavy atom. The van der Waals surface area contributed by atoms with Gasteiger partial charge in [-0.2, -0.15) is 4.98 Å². The van der Waals surface area contributed by atoms with Gasteiger partial charge in [0.15, 0.2) is 11.6 Å². The first-order valence-electron chi connectivity index (χ1n) is 11.4. The summed E-state index contributed by atoms with van der Waals surface area (Å²) < 4.78 is 27.2. The average Bonchev–Trinajstić information content (AvgIpc) is 2.83. The van der Waals surface area contributed by atoms with Gasteiger partial charge < -0.3 is 15.5 Å². The number of hydrogen-bond acceptors (Lipinski definition) is 7. The van der Waals surface area contributed by atoms with Gasteiger partial charge in [-0.3, -0.25) is 4.79 Å². The Kier molecular flexibility index (Phi) is 7.49. The molecule has 184 valence electrons. The molecule has 1 aliphatic carbocycles. The standard InChI is InChI=1S/C25H28F2N6OS/c1-14-13-28-25(32-23(14)33(2)3)30-17-7-5-16(6-8-17)29-24(34)18-9-11-21(35)31-22(18)15-4-10-19(26)20(27)12-15/h4,9-13,16-17H,5-8H2,1-3H3,(H,29,34)(H,31,35)(H,28,30,32). The van der Waals surface area contributed by atoms with Crippen LogP contribution in [0.1, 0.15) is 41.6 Å². The van der Waals surface area contributed by atoms with Gasteiger partial charge in [0.1, 0.15) is 5.82 Å². The summed E-state index contributed by atoms with van der Waals surface area (Å²) in [7, 11) is 3.90. The van der Waals surface area contributed by atoms with Crippen LogP contribution in [-0.2, 0) is 0 Å². The molecule has 1 saturated carbocycles. The average molecular weight is 499 g/mol. The lowest BCUT2D eigenvalue weighted by molar-refractivity contribution is 0.0927. The highest BCUT2D eigenvalue weighted by molar-refractivity contribution is 7.80. The van der Waals surface area contributed by atoms with Gasteiger partial charge in [0.05, 0.1) is 16.3 Å². The summed E-state index contributed by atoms with van der Waals surface area (Å²) in [6.45, 7) is 1.98. The van der Waals surface area contributed by atoms with Crippen molar-refractivity contribution in [3.8, 4) is 11.3 Å². The number of nitrogens with zero attached hydrogens (tertiary/aromatic N) is 4. The van der Waals surface area contributed by atoms with E-state index in [0.717, 1.165) is 49.2 Å². The number of carbonyl (C=O) groups is 1. The van der Waals surface area contributed by atoms with E-state index in [1.54, 1.807) is 12.1 Å². The van der Waals surface area contributed by atoms with Crippen molar-refractivity contribution < 1.29 is 13.6 Å². The highest BCUT2D eigenvalue weighted by Gasteiger charge is 2.25. The molecule has 1 amide bonds. The van der Waals surface area contributed by atoms with Crippen LogP contribution in [0, 0.1) is 18.6 Å². The summed E-state index contributed by atoms with van der Waals surface area (Å²) in [4.78, 5) is 28.3.